The predicted octanol–water partition coefficient (Wildman–Crippen LogP) is 3.13. The fraction of sp³-hybridized carbons (Fsp3) is 0.435. The van der Waals surface area contributed by atoms with Crippen molar-refractivity contribution < 1.29 is 28.5 Å². The lowest BCUT2D eigenvalue weighted by atomic mass is 9.97. The molecule has 0 bridgehead atoms. The Balaban J connectivity index is 1.73. The first-order chi connectivity index (χ1) is 14.6. The number of amides is 1. The summed E-state index contributed by atoms with van der Waals surface area (Å²) in [6.07, 6.45) is 1.20. The minimum Gasteiger partial charge on any atom is -0.493 e. The summed E-state index contributed by atoms with van der Waals surface area (Å²) >= 11 is 0. The van der Waals surface area contributed by atoms with E-state index in [1.54, 1.807) is 37.3 Å². The fourth-order valence-electron chi connectivity index (χ4n) is 3.84. The molecule has 6 nitrogen and oxygen atoms in total. The van der Waals surface area contributed by atoms with Crippen LogP contribution in [0.4, 0.5) is 4.39 Å². The van der Waals surface area contributed by atoms with Crippen LogP contribution in [0, 0.1) is 5.82 Å². The quantitative estimate of drug-likeness (QED) is 0.715. The second-order valence-corrected chi connectivity index (χ2v) is 7.22. The summed E-state index contributed by atoms with van der Waals surface area (Å²) in [4.78, 5) is 14.8. The number of methoxy groups -OCH3 is 2. The van der Waals surface area contributed by atoms with E-state index in [-0.39, 0.29) is 18.3 Å². The summed E-state index contributed by atoms with van der Waals surface area (Å²) in [5.41, 5.74) is 1.81. The predicted molar refractivity (Wildman–Crippen MR) is 110 cm³/mol. The molecule has 7 heteroatoms. The molecule has 0 saturated carbocycles. The van der Waals surface area contributed by atoms with Crippen LogP contribution in [0.1, 0.15) is 30.0 Å². The molecule has 1 saturated heterocycles. The Morgan fingerprint density at radius 2 is 1.90 bits per heavy atom. The Morgan fingerprint density at radius 3 is 2.57 bits per heavy atom. The molecule has 0 aromatic heterocycles. The van der Waals surface area contributed by atoms with E-state index < -0.39 is 12.1 Å². The smallest absolute Gasteiger partial charge is 0.223 e. The molecule has 0 unspecified atom stereocenters. The first-order valence-corrected chi connectivity index (χ1v) is 10.1. The Hall–Kier alpha value is -2.64. The van der Waals surface area contributed by atoms with Crippen LogP contribution in [0.15, 0.2) is 42.5 Å². The average molecular weight is 417 g/mol. The average Bonchev–Trinajstić information content (AvgIpc) is 2.79. The Kier molecular flexibility index (Phi) is 7.65. The zero-order valence-electron chi connectivity index (χ0n) is 17.3. The first-order valence-electron chi connectivity index (χ1n) is 10.1. The van der Waals surface area contributed by atoms with Crippen LogP contribution in [0.2, 0.25) is 0 Å². The molecular formula is C23H28FNO5. The van der Waals surface area contributed by atoms with Crippen molar-refractivity contribution in [1.29, 1.82) is 0 Å². The van der Waals surface area contributed by atoms with E-state index in [0.29, 0.717) is 43.9 Å². The molecule has 2 atom stereocenters. The largest absolute Gasteiger partial charge is 0.493 e. The third-order valence-corrected chi connectivity index (χ3v) is 5.37. The van der Waals surface area contributed by atoms with Crippen LogP contribution in [0.25, 0.3) is 0 Å². The zero-order chi connectivity index (χ0) is 21.5. The number of morpholine rings is 1. The molecule has 1 fully saturated rings. The van der Waals surface area contributed by atoms with Gasteiger partial charge in [-0.05, 0) is 48.2 Å². The monoisotopic (exact) mass is 417 g/mol. The van der Waals surface area contributed by atoms with Crippen molar-refractivity contribution in [2.75, 3.05) is 34.0 Å². The molecule has 1 N–H and O–H groups in total. The lowest BCUT2D eigenvalue weighted by Gasteiger charge is -2.41. The SMILES string of the molecule is COc1ccc([C@@H]2[C@@H](CO)OCCN2C(=O)CCCc2ccc(F)cc2)cc1OC. The maximum Gasteiger partial charge on any atom is 0.223 e. The molecule has 1 aliphatic rings. The Labute approximate surface area is 176 Å². The number of nitrogens with zero attached hydrogens (tertiary/aromatic N) is 1. The highest BCUT2D eigenvalue weighted by Gasteiger charge is 2.36. The number of hydrogen-bond donors (Lipinski definition) is 1. The van der Waals surface area contributed by atoms with Crippen molar-refractivity contribution in [2.24, 2.45) is 0 Å². The third kappa shape index (κ3) is 5.09. The second-order valence-electron chi connectivity index (χ2n) is 7.22. The molecule has 30 heavy (non-hydrogen) atoms. The molecule has 1 amide bonds. The molecule has 1 aliphatic heterocycles. The molecule has 0 aliphatic carbocycles. The van der Waals surface area contributed by atoms with Crippen molar-refractivity contribution in [3.8, 4) is 11.5 Å². The number of aliphatic hydroxyl groups excluding tert-OH is 1. The number of hydrogen-bond acceptors (Lipinski definition) is 5. The van der Waals surface area contributed by atoms with Gasteiger partial charge in [-0.2, -0.15) is 0 Å². The number of ether oxygens (including phenoxy) is 3. The van der Waals surface area contributed by atoms with Gasteiger partial charge in [0, 0.05) is 13.0 Å². The van der Waals surface area contributed by atoms with Gasteiger partial charge >= 0.3 is 0 Å². The fourth-order valence-corrected chi connectivity index (χ4v) is 3.84. The van der Waals surface area contributed by atoms with Gasteiger partial charge in [0.25, 0.3) is 0 Å². The van der Waals surface area contributed by atoms with Crippen LogP contribution in [0.3, 0.4) is 0 Å². The van der Waals surface area contributed by atoms with E-state index in [9.17, 15) is 14.3 Å². The van der Waals surface area contributed by atoms with Crippen molar-refractivity contribution >= 4 is 5.91 Å². The number of halogens is 1. The van der Waals surface area contributed by atoms with E-state index in [1.165, 1.54) is 12.1 Å². The number of carbonyl (C=O) groups is 1. The summed E-state index contributed by atoms with van der Waals surface area (Å²) in [6.45, 7) is 0.627. The highest BCUT2D eigenvalue weighted by Crippen LogP contribution is 2.36. The first kappa shape index (κ1) is 22.1. The highest BCUT2D eigenvalue weighted by molar-refractivity contribution is 5.77. The minimum absolute atomic E-state index is 0.00125. The van der Waals surface area contributed by atoms with Gasteiger partial charge in [-0.25, -0.2) is 4.39 Å². The van der Waals surface area contributed by atoms with Crippen LogP contribution >= 0.6 is 0 Å². The lowest BCUT2D eigenvalue weighted by Crippen LogP contribution is -2.49. The van der Waals surface area contributed by atoms with E-state index in [2.05, 4.69) is 0 Å². The van der Waals surface area contributed by atoms with Crippen LogP contribution in [-0.2, 0) is 16.0 Å². The number of aryl methyl sites for hydroxylation is 1. The van der Waals surface area contributed by atoms with Crippen LogP contribution < -0.4 is 9.47 Å². The highest BCUT2D eigenvalue weighted by atomic mass is 19.1. The van der Waals surface area contributed by atoms with Gasteiger partial charge in [0.15, 0.2) is 11.5 Å². The van der Waals surface area contributed by atoms with Gasteiger partial charge in [-0.3, -0.25) is 4.79 Å². The number of benzene rings is 2. The van der Waals surface area contributed by atoms with Gasteiger partial charge in [0.05, 0.1) is 33.5 Å². The van der Waals surface area contributed by atoms with Gasteiger partial charge < -0.3 is 24.2 Å². The minimum atomic E-state index is -0.516. The molecule has 0 radical (unpaired) electrons. The van der Waals surface area contributed by atoms with Crippen molar-refractivity contribution in [1.82, 2.24) is 4.90 Å². The van der Waals surface area contributed by atoms with Gasteiger partial charge in [0.2, 0.25) is 5.91 Å². The number of rotatable bonds is 8. The molecule has 0 spiro atoms. The van der Waals surface area contributed by atoms with Crippen LogP contribution in [0.5, 0.6) is 11.5 Å². The summed E-state index contributed by atoms with van der Waals surface area (Å²) in [6, 6.07) is 11.4. The number of carbonyl (C=O) groups excluding carboxylic acids is 1. The van der Waals surface area contributed by atoms with Gasteiger partial charge in [-0.15, -0.1) is 0 Å². The third-order valence-electron chi connectivity index (χ3n) is 5.37. The van der Waals surface area contributed by atoms with Gasteiger partial charge in [-0.1, -0.05) is 18.2 Å². The lowest BCUT2D eigenvalue weighted by molar-refractivity contribution is -0.150. The van der Waals surface area contributed by atoms with E-state index in [4.69, 9.17) is 14.2 Å². The summed E-state index contributed by atoms with van der Waals surface area (Å²) in [5, 5.41) is 9.85. The van der Waals surface area contributed by atoms with Crippen molar-refractivity contribution in [2.45, 2.75) is 31.4 Å². The zero-order valence-corrected chi connectivity index (χ0v) is 17.3. The second kappa shape index (κ2) is 10.4. The van der Waals surface area contributed by atoms with Crippen molar-refractivity contribution in [3.05, 3.63) is 59.4 Å². The molecule has 2 aromatic rings. The summed E-state index contributed by atoms with van der Waals surface area (Å²) in [5.74, 6) is 0.881. The van der Waals surface area contributed by atoms with E-state index >= 15 is 0 Å². The maximum atomic E-state index is 13.0. The molecular weight excluding hydrogens is 389 g/mol. The van der Waals surface area contributed by atoms with Crippen molar-refractivity contribution in [3.63, 3.8) is 0 Å². The Bertz CT molecular complexity index is 842. The molecule has 2 aromatic carbocycles. The number of aliphatic hydroxyl groups is 1. The molecule has 3 rings (SSSR count). The topological polar surface area (TPSA) is 68.2 Å². The Morgan fingerprint density at radius 1 is 1.17 bits per heavy atom. The van der Waals surface area contributed by atoms with Crippen LogP contribution in [-0.4, -0.2) is 56.0 Å². The van der Waals surface area contributed by atoms with Gasteiger partial charge in [0.1, 0.15) is 11.9 Å². The van der Waals surface area contributed by atoms with E-state index in [0.717, 1.165) is 11.1 Å². The normalized spacial score (nSPS) is 18.9. The molecule has 162 valence electrons. The van der Waals surface area contributed by atoms with E-state index in [1.807, 2.05) is 12.1 Å². The summed E-state index contributed by atoms with van der Waals surface area (Å²) < 4.78 is 29.5. The standard InChI is InChI=1S/C23H28FNO5/c1-28-19-11-8-17(14-20(19)29-2)23-21(15-26)30-13-12-25(23)22(27)5-3-4-16-6-9-18(24)10-7-16/h6-11,14,21,23,26H,3-5,12-13,15H2,1-2H3/t21-,23-/m1/s1. The maximum absolute atomic E-state index is 13.0. The summed E-state index contributed by atoms with van der Waals surface area (Å²) in [7, 11) is 3.12. The molecule has 1 heterocycles.